The van der Waals surface area contributed by atoms with Crippen LogP contribution in [0.25, 0.3) is 0 Å². The average Bonchev–Trinajstić information content (AvgIpc) is 2.89. The maximum atomic E-state index is 10.9. The van der Waals surface area contributed by atoms with Gasteiger partial charge < -0.3 is 14.7 Å². The van der Waals surface area contributed by atoms with Crippen molar-refractivity contribution in [3.63, 3.8) is 0 Å². The summed E-state index contributed by atoms with van der Waals surface area (Å²) in [5.74, 6) is -0.995. The topological polar surface area (TPSA) is 62.7 Å². The van der Waals surface area contributed by atoms with E-state index in [9.17, 15) is 4.79 Å². The summed E-state index contributed by atoms with van der Waals surface area (Å²) in [6, 6.07) is 3.45. The van der Waals surface area contributed by atoms with E-state index in [0.29, 0.717) is 0 Å². The van der Waals surface area contributed by atoms with Crippen molar-refractivity contribution in [3.05, 3.63) is 24.0 Å². The van der Waals surface area contributed by atoms with Crippen LogP contribution in [-0.4, -0.2) is 41.9 Å². The molecule has 1 aliphatic heterocycles. The fourth-order valence-corrected chi connectivity index (χ4v) is 2.18. The van der Waals surface area contributed by atoms with Gasteiger partial charge in [0.05, 0.1) is 6.10 Å². The molecule has 1 atom stereocenters. The van der Waals surface area contributed by atoms with Crippen LogP contribution in [0.5, 0.6) is 0 Å². The fourth-order valence-electron chi connectivity index (χ4n) is 2.18. The van der Waals surface area contributed by atoms with Crippen LogP contribution >= 0.6 is 0 Å². The van der Waals surface area contributed by atoms with E-state index in [0.717, 1.165) is 38.2 Å². The summed E-state index contributed by atoms with van der Waals surface area (Å²) in [7, 11) is 0. The van der Waals surface area contributed by atoms with Crippen molar-refractivity contribution < 1.29 is 14.6 Å². The Kier molecular flexibility index (Phi) is 4.15. The number of aromatic carboxylic acids is 1. The lowest BCUT2D eigenvalue weighted by molar-refractivity contribution is 0.0690. The van der Waals surface area contributed by atoms with E-state index in [1.807, 2.05) is 6.07 Å². The highest BCUT2D eigenvalue weighted by atomic mass is 16.5. The summed E-state index contributed by atoms with van der Waals surface area (Å²) in [5.41, 5.74) is 0.971. The summed E-state index contributed by atoms with van der Waals surface area (Å²) in [6.45, 7) is 4.51. The number of aromatic nitrogens is 1. The molecule has 0 spiro atoms. The second-order valence-corrected chi connectivity index (χ2v) is 4.38. The van der Waals surface area contributed by atoms with Gasteiger partial charge >= 0.3 is 5.97 Å². The number of carbonyl (C=O) groups is 1. The van der Waals surface area contributed by atoms with Crippen LogP contribution in [0.15, 0.2) is 18.3 Å². The van der Waals surface area contributed by atoms with E-state index >= 15 is 0 Å². The summed E-state index contributed by atoms with van der Waals surface area (Å²) >= 11 is 0. The van der Waals surface area contributed by atoms with Gasteiger partial charge in [0.25, 0.3) is 0 Å². The van der Waals surface area contributed by atoms with Gasteiger partial charge in [-0.05, 0) is 31.9 Å². The number of rotatable bonds is 5. The van der Waals surface area contributed by atoms with Gasteiger partial charge in [0.15, 0.2) is 0 Å². The van der Waals surface area contributed by atoms with Gasteiger partial charge in [0, 0.05) is 31.6 Å². The molecular weight excluding hydrogens is 232 g/mol. The highest BCUT2D eigenvalue weighted by Gasteiger charge is 2.19. The molecule has 1 aromatic heterocycles. The van der Waals surface area contributed by atoms with Crippen LogP contribution in [0.3, 0.4) is 0 Å². The van der Waals surface area contributed by atoms with E-state index in [2.05, 4.69) is 16.8 Å². The van der Waals surface area contributed by atoms with E-state index in [-0.39, 0.29) is 11.8 Å². The molecular formula is C13H18N2O3. The van der Waals surface area contributed by atoms with Gasteiger partial charge in [-0.3, -0.25) is 0 Å². The Morgan fingerprint density at radius 2 is 2.50 bits per heavy atom. The number of pyridine rings is 1. The summed E-state index contributed by atoms with van der Waals surface area (Å²) in [4.78, 5) is 16.9. The zero-order valence-electron chi connectivity index (χ0n) is 10.5. The monoisotopic (exact) mass is 250 g/mol. The zero-order valence-corrected chi connectivity index (χ0v) is 10.5. The Labute approximate surface area is 106 Å². The molecule has 1 aliphatic rings. The molecule has 1 fully saturated rings. The van der Waals surface area contributed by atoms with Crippen LogP contribution in [0.2, 0.25) is 0 Å². The highest BCUT2D eigenvalue weighted by Crippen LogP contribution is 2.19. The lowest BCUT2D eigenvalue weighted by atomic mass is 10.2. The molecule has 2 heterocycles. The summed E-state index contributed by atoms with van der Waals surface area (Å²) < 4.78 is 5.61. The number of likely N-dealkylation sites (N-methyl/N-ethyl adjacent to an activating group) is 1. The molecule has 1 saturated heterocycles. The maximum Gasteiger partial charge on any atom is 0.354 e. The van der Waals surface area contributed by atoms with Crippen LogP contribution in [-0.2, 0) is 4.74 Å². The van der Waals surface area contributed by atoms with Gasteiger partial charge in [-0.25, -0.2) is 9.78 Å². The fraction of sp³-hybridized carbons (Fsp3) is 0.538. The predicted octanol–water partition coefficient (Wildman–Crippen LogP) is 1.79. The highest BCUT2D eigenvalue weighted by molar-refractivity contribution is 5.86. The lowest BCUT2D eigenvalue weighted by Gasteiger charge is -2.26. The van der Waals surface area contributed by atoms with Crippen molar-refractivity contribution in [1.29, 1.82) is 0 Å². The molecule has 1 aromatic rings. The third kappa shape index (κ3) is 2.98. The zero-order chi connectivity index (χ0) is 13.0. The lowest BCUT2D eigenvalue weighted by Crippen LogP contribution is -2.32. The number of hydrogen-bond donors (Lipinski definition) is 1. The minimum atomic E-state index is -0.995. The number of nitrogens with zero attached hydrogens (tertiary/aromatic N) is 2. The Morgan fingerprint density at radius 1 is 1.67 bits per heavy atom. The van der Waals surface area contributed by atoms with Crippen molar-refractivity contribution in [1.82, 2.24) is 4.98 Å². The molecule has 5 heteroatoms. The standard InChI is InChI=1S/C13H18N2O3/c1-2-15(9-11-4-3-7-18-11)10-5-6-14-12(8-10)13(16)17/h5-6,8,11H,2-4,7,9H2,1H3,(H,16,17). The Hall–Kier alpha value is -1.62. The minimum Gasteiger partial charge on any atom is -0.477 e. The van der Waals surface area contributed by atoms with Gasteiger partial charge in [-0.2, -0.15) is 0 Å². The number of carboxylic acids is 1. The SMILES string of the molecule is CCN(CC1CCCO1)c1ccnc(C(=O)O)c1. The van der Waals surface area contributed by atoms with Crippen molar-refractivity contribution in [2.75, 3.05) is 24.6 Å². The van der Waals surface area contributed by atoms with E-state index in [1.165, 1.54) is 6.20 Å². The number of hydrogen-bond acceptors (Lipinski definition) is 4. The average molecular weight is 250 g/mol. The van der Waals surface area contributed by atoms with Crippen molar-refractivity contribution in [2.24, 2.45) is 0 Å². The van der Waals surface area contributed by atoms with Gasteiger partial charge in [-0.15, -0.1) is 0 Å². The van der Waals surface area contributed by atoms with E-state index in [4.69, 9.17) is 9.84 Å². The number of ether oxygens (including phenoxy) is 1. The molecule has 0 aromatic carbocycles. The third-order valence-electron chi connectivity index (χ3n) is 3.16. The Balaban J connectivity index is 2.10. The predicted molar refractivity (Wildman–Crippen MR) is 68.1 cm³/mol. The number of carboxylic acid groups (broad SMARTS) is 1. The second-order valence-electron chi connectivity index (χ2n) is 4.38. The summed E-state index contributed by atoms with van der Waals surface area (Å²) in [5, 5.41) is 8.94. The van der Waals surface area contributed by atoms with Gasteiger partial charge in [-0.1, -0.05) is 0 Å². The molecule has 0 bridgehead atoms. The van der Waals surface area contributed by atoms with Crippen molar-refractivity contribution in [2.45, 2.75) is 25.9 Å². The van der Waals surface area contributed by atoms with E-state index in [1.54, 1.807) is 6.07 Å². The molecule has 1 unspecified atom stereocenters. The second kappa shape index (κ2) is 5.82. The molecule has 98 valence electrons. The smallest absolute Gasteiger partial charge is 0.354 e. The first-order valence-electron chi connectivity index (χ1n) is 6.26. The van der Waals surface area contributed by atoms with Crippen LogP contribution in [0.4, 0.5) is 5.69 Å². The molecule has 0 amide bonds. The third-order valence-corrected chi connectivity index (χ3v) is 3.16. The van der Waals surface area contributed by atoms with Crippen LogP contribution in [0.1, 0.15) is 30.3 Å². The van der Waals surface area contributed by atoms with Crippen molar-refractivity contribution in [3.8, 4) is 0 Å². The van der Waals surface area contributed by atoms with Gasteiger partial charge in [0.1, 0.15) is 5.69 Å². The first-order chi connectivity index (χ1) is 8.70. The van der Waals surface area contributed by atoms with E-state index < -0.39 is 5.97 Å². The van der Waals surface area contributed by atoms with Crippen LogP contribution in [0, 0.1) is 0 Å². The maximum absolute atomic E-state index is 10.9. The Morgan fingerprint density at radius 3 is 3.11 bits per heavy atom. The first kappa shape index (κ1) is 12.8. The van der Waals surface area contributed by atoms with Gasteiger partial charge in [0.2, 0.25) is 0 Å². The normalized spacial score (nSPS) is 18.8. The molecule has 0 saturated carbocycles. The largest absolute Gasteiger partial charge is 0.477 e. The quantitative estimate of drug-likeness (QED) is 0.863. The van der Waals surface area contributed by atoms with Crippen LogP contribution < -0.4 is 4.90 Å². The molecule has 18 heavy (non-hydrogen) atoms. The number of anilines is 1. The molecule has 2 rings (SSSR count). The first-order valence-corrected chi connectivity index (χ1v) is 6.26. The molecule has 0 radical (unpaired) electrons. The minimum absolute atomic E-state index is 0.0818. The summed E-state index contributed by atoms with van der Waals surface area (Å²) in [6.07, 6.45) is 3.98. The molecule has 1 N–H and O–H groups in total. The molecule has 5 nitrogen and oxygen atoms in total. The Bertz CT molecular complexity index is 416. The molecule has 0 aliphatic carbocycles. The van der Waals surface area contributed by atoms with Crippen molar-refractivity contribution >= 4 is 11.7 Å².